The Bertz CT molecular complexity index is 787. The molecule has 0 radical (unpaired) electrons. The van der Waals surface area contributed by atoms with Crippen LogP contribution in [0.5, 0.6) is 11.5 Å². The zero-order valence-electron chi connectivity index (χ0n) is 15.3. The third-order valence-electron chi connectivity index (χ3n) is 3.34. The summed E-state index contributed by atoms with van der Waals surface area (Å²) in [6, 6.07) is 12.7. The first-order valence-electron chi connectivity index (χ1n) is 8.46. The molecule has 0 bridgehead atoms. The van der Waals surface area contributed by atoms with E-state index in [2.05, 4.69) is 41.7 Å². The minimum Gasteiger partial charge on any atom is -0.492 e. The lowest BCUT2D eigenvalue weighted by Crippen LogP contribution is -2.15. The number of benzene rings is 2. The summed E-state index contributed by atoms with van der Waals surface area (Å²) in [7, 11) is 0. The summed E-state index contributed by atoms with van der Waals surface area (Å²) < 4.78 is 12.2. The van der Waals surface area contributed by atoms with E-state index in [0.29, 0.717) is 41.9 Å². The Kier molecular flexibility index (Phi) is 7.27. The number of rotatable bonds is 8. The van der Waals surface area contributed by atoms with Gasteiger partial charge in [0, 0.05) is 16.2 Å². The SMILES string of the molecule is C=C(C)COc1cccc(NC(=O)c2cc(Br)ccc2OCC(C)C)c1. The Morgan fingerprint density at radius 3 is 2.65 bits per heavy atom. The van der Waals surface area contributed by atoms with Gasteiger partial charge in [-0.15, -0.1) is 0 Å². The van der Waals surface area contributed by atoms with Crippen LogP contribution in [-0.2, 0) is 0 Å². The predicted octanol–water partition coefficient (Wildman–Crippen LogP) is 5.69. The van der Waals surface area contributed by atoms with E-state index in [4.69, 9.17) is 9.47 Å². The number of halogens is 1. The molecule has 26 heavy (non-hydrogen) atoms. The Morgan fingerprint density at radius 1 is 1.19 bits per heavy atom. The third-order valence-corrected chi connectivity index (χ3v) is 3.83. The van der Waals surface area contributed by atoms with Crippen LogP contribution in [0, 0.1) is 5.92 Å². The molecular formula is C21H24BrNO3. The van der Waals surface area contributed by atoms with Gasteiger partial charge in [-0.1, -0.05) is 42.4 Å². The minimum atomic E-state index is -0.234. The summed E-state index contributed by atoms with van der Waals surface area (Å²) in [4.78, 5) is 12.7. The smallest absolute Gasteiger partial charge is 0.259 e. The van der Waals surface area contributed by atoms with Crippen LogP contribution in [0.1, 0.15) is 31.1 Å². The Morgan fingerprint density at radius 2 is 1.96 bits per heavy atom. The van der Waals surface area contributed by atoms with Crippen LogP contribution in [-0.4, -0.2) is 19.1 Å². The van der Waals surface area contributed by atoms with Crippen molar-refractivity contribution in [1.29, 1.82) is 0 Å². The average Bonchev–Trinajstić information content (AvgIpc) is 2.59. The van der Waals surface area contributed by atoms with Crippen LogP contribution in [0.4, 0.5) is 5.69 Å². The molecule has 2 rings (SSSR count). The average molecular weight is 418 g/mol. The van der Waals surface area contributed by atoms with Gasteiger partial charge in [-0.3, -0.25) is 4.79 Å². The quantitative estimate of drug-likeness (QED) is 0.560. The summed E-state index contributed by atoms with van der Waals surface area (Å²) >= 11 is 3.41. The van der Waals surface area contributed by atoms with Gasteiger partial charge in [-0.2, -0.15) is 0 Å². The van der Waals surface area contributed by atoms with Crippen molar-refractivity contribution in [3.8, 4) is 11.5 Å². The zero-order chi connectivity index (χ0) is 19.1. The molecule has 0 spiro atoms. The summed E-state index contributed by atoms with van der Waals surface area (Å²) in [6.07, 6.45) is 0. The number of anilines is 1. The summed E-state index contributed by atoms with van der Waals surface area (Å²) in [5.74, 6) is 1.38. The summed E-state index contributed by atoms with van der Waals surface area (Å²) in [6.45, 7) is 10.8. The lowest BCUT2D eigenvalue weighted by molar-refractivity contribution is 0.102. The predicted molar refractivity (Wildman–Crippen MR) is 109 cm³/mol. The zero-order valence-corrected chi connectivity index (χ0v) is 16.9. The van der Waals surface area contributed by atoms with Crippen LogP contribution in [0.15, 0.2) is 59.1 Å². The van der Waals surface area contributed by atoms with Crippen LogP contribution >= 0.6 is 15.9 Å². The monoisotopic (exact) mass is 417 g/mol. The molecule has 0 aliphatic carbocycles. The molecule has 0 unspecified atom stereocenters. The van der Waals surface area contributed by atoms with E-state index in [-0.39, 0.29) is 5.91 Å². The second kappa shape index (κ2) is 9.43. The van der Waals surface area contributed by atoms with Crippen molar-refractivity contribution in [2.45, 2.75) is 20.8 Å². The summed E-state index contributed by atoms with van der Waals surface area (Å²) in [5, 5.41) is 2.90. The van der Waals surface area contributed by atoms with E-state index >= 15 is 0 Å². The highest BCUT2D eigenvalue weighted by Crippen LogP contribution is 2.26. The summed E-state index contributed by atoms with van der Waals surface area (Å²) in [5.41, 5.74) is 2.07. The molecule has 2 aromatic carbocycles. The van der Waals surface area contributed by atoms with Gasteiger partial charge in [0.1, 0.15) is 18.1 Å². The lowest BCUT2D eigenvalue weighted by atomic mass is 10.1. The van der Waals surface area contributed by atoms with E-state index in [1.54, 1.807) is 18.2 Å². The van der Waals surface area contributed by atoms with Crippen LogP contribution in [0.3, 0.4) is 0 Å². The highest BCUT2D eigenvalue weighted by atomic mass is 79.9. The van der Waals surface area contributed by atoms with Gasteiger partial charge in [0.05, 0.1) is 12.2 Å². The topological polar surface area (TPSA) is 47.6 Å². The first-order chi connectivity index (χ1) is 12.3. The number of nitrogens with one attached hydrogen (secondary N) is 1. The number of hydrogen-bond acceptors (Lipinski definition) is 3. The number of carbonyl (C=O) groups excluding carboxylic acids is 1. The van der Waals surface area contributed by atoms with Crippen molar-refractivity contribution in [2.24, 2.45) is 5.92 Å². The third kappa shape index (κ3) is 6.23. The van der Waals surface area contributed by atoms with Crippen LogP contribution in [0.25, 0.3) is 0 Å². The molecule has 0 aliphatic rings. The molecule has 1 N–H and O–H groups in total. The van der Waals surface area contributed by atoms with Gasteiger partial charge in [0.25, 0.3) is 5.91 Å². The van der Waals surface area contributed by atoms with Crippen molar-refractivity contribution in [2.75, 3.05) is 18.5 Å². The second-order valence-electron chi connectivity index (χ2n) is 6.57. The molecule has 0 saturated heterocycles. The minimum absolute atomic E-state index is 0.234. The van der Waals surface area contributed by atoms with Crippen LogP contribution in [0.2, 0.25) is 0 Å². The fourth-order valence-corrected chi connectivity index (χ4v) is 2.49. The van der Waals surface area contributed by atoms with Gasteiger partial charge in [-0.05, 0) is 48.7 Å². The molecule has 0 heterocycles. The fraction of sp³-hybridized carbons (Fsp3) is 0.286. The number of carbonyl (C=O) groups is 1. The Labute approximate surface area is 163 Å². The lowest BCUT2D eigenvalue weighted by Gasteiger charge is -2.14. The Hall–Kier alpha value is -2.27. The molecule has 1 amide bonds. The standard InChI is InChI=1S/C21H24BrNO3/c1-14(2)12-25-18-7-5-6-17(11-18)23-21(24)19-10-16(22)8-9-20(19)26-13-15(3)4/h5-11,15H,1,12-13H2,2-4H3,(H,23,24). The highest BCUT2D eigenvalue weighted by molar-refractivity contribution is 9.10. The van der Waals surface area contributed by atoms with E-state index in [9.17, 15) is 4.79 Å². The van der Waals surface area contributed by atoms with E-state index in [1.165, 1.54) is 0 Å². The van der Waals surface area contributed by atoms with E-state index < -0.39 is 0 Å². The largest absolute Gasteiger partial charge is 0.492 e. The maximum absolute atomic E-state index is 12.7. The number of amides is 1. The molecule has 138 valence electrons. The molecule has 0 fully saturated rings. The molecule has 0 atom stereocenters. The molecule has 4 nitrogen and oxygen atoms in total. The Balaban J connectivity index is 2.15. The normalized spacial score (nSPS) is 10.5. The second-order valence-corrected chi connectivity index (χ2v) is 7.49. The van der Waals surface area contributed by atoms with Gasteiger partial charge in [-0.25, -0.2) is 0 Å². The number of ether oxygens (including phenoxy) is 2. The van der Waals surface area contributed by atoms with E-state index in [0.717, 1.165) is 10.0 Å². The maximum atomic E-state index is 12.7. The molecule has 5 heteroatoms. The van der Waals surface area contributed by atoms with Crippen molar-refractivity contribution >= 4 is 27.5 Å². The van der Waals surface area contributed by atoms with E-state index in [1.807, 2.05) is 31.2 Å². The van der Waals surface area contributed by atoms with Gasteiger partial charge in [0.15, 0.2) is 0 Å². The van der Waals surface area contributed by atoms with Crippen molar-refractivity contribution < 1.29 is 14.3 Å². The highest BCUT2D eigenvalue weighted by Gasteiger charge is 2.14. The van der Waals surface area contributed by atoms with Crippen LogP contribution < -0.4 is 14.8 Å². The van der Waals surface area contributed by atoms with Crippen molar-refractivity contribution in [1.82, 2.24) is 0 Å². The maximum Gasteiger partial charge on any atom is 0.259 e. The first-order valence-corrected chi connectivity index (χ1v) is 9.25. The molecular weight excluding hydrogens is 394 g/mol. The van der Waals surface area contributed by atoms with Crippen molar-refractivity contribution in [3.63, 3.8) is 0 Å². The molecule has 0 aliphatic heterocycles. The van der Waals surface area contributed by atoms with Gasteiger partial charge in [0.2, 0.25) is 0 Å². The van der Waals surface area contributed by atoms with Crippen molar-refractivity contribution in [3.05, 3.63) is 64.7 Å². The molecule has 0 aromatic heterocycles. The molecule has 0 saturated carbocycles. The fourth-order valence-electron chi connectivity index (χ4n) is 2.13. The van der Waals surface area contributed by atoms with Gasteiger partial charge < -0.3 is 14.8 Å². The van der Waals surface area contributed by atoms with Gasteiger partial charge >= 0.3 is 0 Å². The molecule has 2 aromatic rings. The first kappa shape index (κ1) is 20.0. The number of hydrogen-bond donors (Lipinski definition) is 1.